The van der Waals surface area contributed by atoms with E-state index < -0.39 is 5.82 Å². The third-order valence-electron chi connectivity index (χ3n) is 1.57. The molecule has 0 aliphatic carbocycles. The summed E-state index contributed by atoms with van der Waals surface area (Å²) < 4.78 is 13.3. The molecule has 1 heterocycles. The Balaban J connectivity index is 3.03. The molecule has 0 saturated carbocycles. The van der Waals surface area contributed by atoms with Gasteiger partial charge in [0.05, 0.1) is 5.69 Å². The molecule has 68 valence electrons. The van der Waals surface area contributed by atoms with Crippen molar-refractivity contribution in [2.75, 3.05) is 0 Å². The van der Waals surface area contributed by atoms with Crippen molar-refractivity contribution in [3.8, 4) is 6.07 Å². The topological polar surface area (TPSA) is 49.6 Å². The van der Waals surface area contributed by atoms with Gasteiger partial charge in [0.25, 0.3) is 0 Å². The summed E-state index contributed by atoms with van der Waals surface area (Å²) in [6.45, 7) is 3.93. The molecule has 0 unspecified atom stereocenters. The van der Waals surface area contributed by atoms with Gasteiger partial charge in [0.1, 0.15) is 12.4 Å². The van der Waals surface area contributed by atoms with Crippen LogP contribution in [0.2, 0.25) is 0 Å². The molecule has 4 heteroatoms. The Hall–Kier alpha value is -1.50. The molecule has 1 rings (SSSR count). The van der Waals surface area contributed by atoms with Gasteiger partial charge in [0.15, 0.2) is 11.5 Å². The van der Waals surface area contributed by atoms with Crippen LogP contribution in [0.3, 0.4) is 0 Å². The van der Waals surface area contributed by atoms with Gasteiger partial charge in [0, 0.05) is 0 Å². The molecular formula is C9H10FN3. The smallest absolute Gasteiger partial charge is 0.181 e. The van der Waals surface area contributed by atoms with E-state index in [1.165, 1.54) is 6.33 Å². The van der Waals surface area contributed by atoms with Gasteiger partial charge in [-0.1, -0.05) is 13.8 Å². The van der Waals surface area contributed by atoms with Gasteiger partial charge in [-0.15, -0.1) is 0 Å². The van der Waals surface area contributed by atoms with Crippen molar-refractivity contribution in [3.63, 3.8) is 0 Å². The van der Waals surface area contributed by atoms with Gasteiger partial charge in [-0.05, 0) is 12.3 Å². The highest BCUT2D eigenvalue weighted by Gasteiger charge is 2.11. The molecule has 0 aliphatic heterocycles. The van der Waals surface area contributed by atoms with E-state index in [0.29, 0.717) is 18.0 Å². The summed E-state index contributed by atoms with van der Waals surface area (Å²) >= 11 is 0. The van der Waals surface area contributed by atoms with Crippen LogP contribution >= 0.6 is 0 Å². The Bertz CT molecular complexity index is 341. The summed E-state index contributed by atoms with van der Waals surface area (Å²) in [5.74, 6) is -0.269. The molecule has 0 atom stereocenters. The van der Waals surface area contributed by atoms with Crippen LogP contribution in [0, 0.1) is 23.1 Å². The highest BCUT2D eigenvalue weighted by molar-refractivity contribution is 5.23. The summed E-state index contributed by atoms with van der Waals surface area (Å²) in [5.41, 5.74) is 0.146. The molecule has 1 aromatic rings. The molecule has 0 radical (unpaired) electrons. The third kappa shape index (κ3) is 2.22. The molecule has 0 saturated heterocycles. The predicted octanol–water partition coefficient (Wildman–Crippen LogP) is 1.69. The molecule has 0 bridgehead atoms. The molecule has 0 spiro atoms. The van der Waals surface area contributed by atoms with E-state index in [-0.39, 0.29) is 5.69 Å². The van der Waals surface area contributed by atoms with Crippen molar-refractivity contribution in [2.24, 2.45) is 5.92 Å². The quantitative estimate of drug-likeness (QED) is 0.694. The highest BCUT2D eigenvalue weighted by atomic mass is 19.1. The van der Waals surface area contributed by atoms with Crippen LogP contribution in [0.5, 0.6) is 0 Å². The minimum atomic E-state index is -0.585. The molecule has 0 aliphatic rings. The van der Waals surface area contributed by atoms with E-state index in [0.717, 1.165) is 0 Å². The second-order valence-corrected chi connectivity index (χ2v) is 3.19. The van der Waals surface area contributed by atoms with E-state index in [4.69, 9.17) is 5.26 Å². The summed E-state index contributed by atoms with van der Waals surface area (Å²) in [4.78, 5) is 7.31. The number of halogens is 1. The van der Waals surface area contributed by atoms with Crippen molar-refractivity contribution in [3.05, 3.63) is 23.5 Å². The van der Waals surface area contributed by atoms with Crippen LogP contribution in [-0.2, 0) is 6.42 Å². The molecular weight excluding hydrogens is 169 g/mol. The van der Waals surface area contributed by atoms with E-state index in [9.17, 15) is 4.39 Å². The Labute approximate surface area is 76.3 Å². The van der Waals surface area contributed by atoms with Gasteiger partial charge >= 0.3 is 0 Å². The van der Waals surface area contributed by atoms with E-state index in [1.807, 2.05) is 13.8 Å². The number of rotatable bonds is 2. The van der Waals surface area contributed by atoms with Gasteiger partial charge in [-0.2, -0.15) is 5.26 Å². The van der Waals surface area contributed by atoms with E-state index in [1.54, 1.807) is 6.07 Å². The van der Waals surface area contributed by atoms with E-state index in [2.05, 4.69) is 9.97 Å². The van der Waals surface area contributed by atoms with Crippen LogP contribution in [0.1, 0.15) is 25.2 Å². The zero-order valence-electron chi connectivity index (χ0n) is 7.58. The normalized spacial score (nSPS) is 10.1. The molecule has 1 aromatic heterocycles. The van der Waals surface area contributed by atoms with Gasteiger partial charge in [-0.3, -0.25) is 0 Å². The standard InChI is InChI=1S/C9H10FN3/c1-6(2)3-7-9(10)8(4-11)13-5-12-7/h5-6H,3H2,1-2H3. The number of aromatic nitrogens is 2. The van der Waals surface area contributed by atoms with Crippen molar-refractivity contribution in [1.29, 1.82) is 5.26 Å². The zero-order valence-corrected chi connectivity index (χ0v) is 7.58. The lowest BCUT2D eigenvalue weighted by Gasteiger charge is -2.04. The van der Waals surface area contributed by atoms with Crippen LogP contribution in [0.4, 0.5) is 4.39 Å². The Morgan fingerprint density at radius 3 is 2.77 bits per heavy atom. The van der Waals surface area contributed by atoms with Crippen molar-refractivity contribution in [2.45, 2.75) is 20.3 Å². The zero-order chi connectivity index (χ0) is 9.84. The molecule has 0 amide bonds. The summed E-state index contributed by atoms with van der Waals surface area (Å²) in [6, 6.07) is 1.68. The maximum Gasteiger partial charge on any atom is 0.181 e. The first-order valence-electron chi connectivity index (χ1n) is 4.04. The lowest BCUT2D eigenvalue weighted by Crippen LogP contribution is -2.04. The average molecular weight is 179 g/mol. The Morgan fingerprint density at radius 1 is 1.54 bits per heavy atom. The van der Waals surface area contributed by atoms with Gasteiger partial charge in [-0.25, -0.2) is 14.4 Å². The molecule has 13 heavy (non-hydrogen) atoms. The molecule has 0 N–H and O–H groups in total. The van der Waals surface area contributed by atoms with Crippen LogP contribution in [0.15, 0.2) is 6.33 Å². The fourth-order valence-electron chi connectivity index (χ4n) is 1.01. The number of nitrogens with zero attached hydrogens (tertiary/aromatic N) is 3. The fourth-order valence-corrected chi connectivity index (χ4v) is 1.01. The second kappa shape index (κ2) is 3.94. The highest BCUT2D eigenvalue weighted by Crippen LogP contribution is 2.11. The molecule has 3 nitrogen and oxygen atoms in total. The maximum absolute atomic E-state index is 13.3. The van der Waals surface area contributed by atoms with E-state index >= 15 is 0 Å². The molecule has 0 aromatic carbocycles. The maximum atomic E-state index is 13.3. The first-order valence-corrected chi connectivity index (χ1v) is 4.04. The minimum absolute atomic E-state index is 0.175. The summed E-state index contributed by atoms with van der Waals surface area (Å²) in [7, 11) is 0. The van der Waals surface area contributed by atoms with Crippen LogP contribution in [0.25, 0.3) is 0 Å². The third-order valence-corrected chi connectivity index (χ3v) is 1.57. The lowest BCUT2D eigenvalue weighted by atomic mass is 10.1. The van der Waals surface area contributed by atoms with Crippen molar-refractivity contribution < 1.29 is 4.39 Å². The van der Waals surface area contributed by atoms with Crippen molar-refractivity contribution in [1.82, 2.24) is 9.97 Å². The summed E-state index contributed by atoms with van der Waals surface area (Å²) in [6.07, 6.45) is 1.75. The number of hydrogen-bond donors (Lipinski definition) is 0. The lowest BCUT2D eigenvalue weighted by molar-refractivity contribution is 0.550. The predicted molar refractivity (Wildman–Crippen MR) is 45.2 cm³/mol. The monoisotopic (exact) mass is 179 g/mol. The minimum Gasteiger partial charge on any atom is -0.238 e. The summed E-state index contributed by atoms with van der Waals surface area (Å²) in [5, 5.41) is 8.50. The van der Waals surface area contributed by atoms with Gasteiger partial charge < -0.3 is 0 Å². The average Bonchev–Trinajstić information content (AvgIpc) is 2.08. The van der Waals surface area contributed by atoms with Gasteiger partial charge in [0.2, 0.25) is 0 Å². The number of hydrogen-bond acceptors (Lipinski definition) is 3. The molecule has 0 fully saturated rings. The van der Waals surface area contributed by atoms with Crippen LogP contribution in [-0.4, -0.2) is 9.97 Å². The number of nitriles is 1. The SMILES string of the molecule is CC(C)Cc1ncnc(C#N)c1F. The van der Waals surface area contributed by atoms with Crippen molar-refractivity contribution >= 4 is 0 Å². The largest absolute Gasteiger partial charge is 0.238 e. The first kappa shape index (κ1) is 9.59. The Kier molecular flexibility index (Phi) is 2.91. The first-order chi connectivity index (χ1) is 6.15. The Morgan fingerprint density at radius 2 is 2.23 bits per heavy atom. The second-order valence-electron chi connectivity index (χ2n) is 3.19. The van der Waals surface area contributed by atoms with Crippen LogP contribution < -0.4 is 0 Å². The fraction of sp³-hybridized carbons (Fsp3) is 0.444.